The summed E-state index contributed by atoms with van der Waals surface area (Å²) in [6.07, 6.45) is 0.276. The van der Waals surface area contributed by atoms with Gasteiger partial charge in [-0.1, -0.05) is 20.8 Å². The van der Waals surface area contributed by atoms with Crippen LogP contribution in [-0.4, -0.2) is 41.6 Å². The Hall–Kier alpha value is -2.13. The molecule has 1 aromatic rings. The summed E-state index contributed by atoms with van der Waals surface area (Å²) in [5.74, 6) is 0.0561. The fraction of sp³-hybridized carbons (Fsp3) is 0.588. The number of pyridine rings is 1. The van der Waals surface area contributed by atoms with E-state index in [2.05, 4.69) is 5.32 Å². The van der Waals surface area contributed by atoms with Crippen LogP contribution in [0.3, 0.4) is 0 Å². The highest BCUT2D eigenvalue weighted by molar-refractivity contribution is 5.76. The van der Waals surface area contributed by atoms with Crippen molar-refractivity contribution in [1.29, 1.82) is 5.26 Å². The molecular weight excluding hydrogens is 292 g/mol. The molecule has 1 amide bonds. The van der Waals surface area contributed by atoms with Crippen LogP contribution < -0.4 is 10.9 Å². The first-order chi connectivity index (χ1) is 10.8. The summed E-state index contributed by atoms with van der Waals surface area (Å²) in [7, 11) is 0. The van der Waals surface area contributed by atoms with Gasteiger partial charge in [-0.15, -0.1) is 0 Å². The average molecular weight is 316 g/mol. The molecule has 0 spiro atoms. The highest BCUT2D eigenvalue weighted by atomic mass is 16.2. The van der Waals surface area contributed by atoms with Gasteiger partial charge in [0.25, 0.3) is 5.56 Å². The van der Waals surface area contributed by atoms with Crippen LogP contribution in [0.1, 0.15) is 38.4 Å². The van der Waals surface area contributed by atoms with Gasteiger partial charge in [0.15, 0.2) is 0 Å². The molecule has 1 aliphatic heterocycles. The Morgan fingerprint density at radius 2 is 1.96 bits per heavy atom. The lowest BCUT2D eigenvalue weighted by Gasteiger charge is -2.28. The van der Waals surface area contributed by atoms with Gasteiger partial charge in [0.2, 0.25) is 5.91 Å². The van der Waals surface area contributed by atoms with E-state index in [-0.39, 0.29) is 28.9 Å². The first kappa shape index (κ1) is 17.2. The van der Waals surface area contributed by atoms with Gasteiger partial charge < -0.3 is 14.8 Å². The zero-order chi connectivity index (χ0) is 17.0. The number of aromatic nitrogens is 1. The maximum Gasteiger partial charge on any atom is 0.268 e. The third-order valence-corrected chi connectivity index (χ3v) is 4.08. The second-order valence-corrected chi connectivity index (χ2v) is 6.83. The number of carbonyl (C=O) groups is 1. The predicted octanol–water partition coefficient (Wildman–Crippen LogP) is 0.839. The van der Waals surface area contributed by atoms with Gasteiger partial charge >= 0.3 is 0 Å². The molecule has 124 valence electrons. The third-order valence-electron chi connectivity index (χ3n) is 4.08. The Morgan fingerprint density at radius 3 is 2.52 bits per heavy atom. The quantitative estimate of drug-likeness (QED) is 0.896. The van der Waals surface area contributed by atoms with Gasteiger partial charge in [0, 0.05) is 50.3 Å². The molecule has 1 saturated heterocycles. The van der Waals surface area contributed by atoms with Crippen molar-refractivity contribution >= 4 is 5.91 Å². The highest BCUT2D eigenvalue weighted by Crippen LogP contribution is 2.21. The van der Waals surface area contributed by atoms with Crippen LogP contribution in [0.5, 0.6) is 0 Å². The van der Waals surface area contributed by atoms with Crippen LogP contribution in [0.2, 0.25) is 0 Å². The molecule has 1 aliphatic rings. The fourth-order valence-electron chi connectivity index (χ4n) is 2.82. The first-order valence-electron chi connectivity index (χ1n) is 7.97. The summed E-state index contributed by atoms with van der Waals surface area (Å²) in [5.41, 5.74) is 0.417. The second kappa shape index (κ2) is 6.97. The van der Waals surface area contributed by atoms with Gasteiger partial charge in [-0.25, -0.2) is 0 Å². The topological polar surface area (TPSA) is 78.1 Å². The summed E-state index contributed by atoms with van der Waals surface area (Å²) in [6, 6.07) is 5.31. The Balaban J connectivity index is 2.22. The van der Waals surface area contributed by atoms with Crippen LogP contribution in [0.4, 0.5) is 0 Å². The Bertz CT molecular complexity index is 673. The van der Waals surface area contributed by atoms with Crippen molar-refractivity contribution in [3.8, 4) is 6.07 Å². The zero-order valence-corrected chi connectivity index (χ0v) is 14.1. The van der Waals surface area contributed by atoms with Crippen molar-refractivity contribution in [3.05, 3.63) is 33.7 Å². The van der Waals surface area contributed by atoms with Gasteiger partial charge in [0.05, 0.1) is 0 Å². The van der Waals surface area contributed by atoms with Gasteiger partial charge in [-0.2, -0.15) is 5.26 Å². The molecule has 1 N–H and O–H groups in total. The Kier molecular flexibility index (Phi) is 5.22. The minimum absolute atomic E-state index is 0.0561. The molecule has 1 fully saturated rings. The van der Waals surface area contributed by atoms with E-state index in [1.807, 2.05) is 37.8 Å². The minimum Gasteiger partial charge on any atom is -0.340 e. The summed E-state index contributed by atoms with van der Waals surface area (Å²) < 4.78 is 1.58. The number of nitriles is 1. The van der Waals surface area contributed by atoms with E-state index in [9.17, 15) is 9.59 Å². The number of piperazine rings is 1. The number of amides is 1. The molecule has 0 aliphatic carbocycles. The first-order valence-corrected chi connectivity index (χ1v) is 7.97. The van der Waals surface area contributed by atoms with Crippen LogP contribution in [0, 0.1) is 11.3 Å². The van der Waals surface area contributed by atoms with Crippen molar-refractivity contribution in [1.82, 2.24) is 14.8 Å². The summed E-state index contributed by atoms with van der Waals surface area (Å²) >= 11 is 0. The van der Waals surface area contributed by atoms with Gasteiger partial charge in [0.1, 0.15) is 11.6 Å². The number of carbonyl (C=O) groups excluding carboxylic acids is 1. The third kappa shape index (κ3) is 3.99. The second-order valence-electron chi connectivity index (χ2n) is 6.83. The molecule has 6 heteroatoms. The SMILES string of the molecule is CC(C)(C)c1ccc(C#N)c(=O)n1CCC(=O)N1CCNCC1. The largest absolute Gasteiger partial charge is 0.340 e. The normalized spacial score (nSPS) is 15.3. The van der Waals surface area contributed by atoms with Crippen molar-refractivity contribution in [2.24, 2.45) is 0 Å². The molecule has 0 unspecified atom stereocenters. The molecule has 6 nitrogen and oxygen atoms in total. The monoisotopic (exact) mass is 316 g/mol. The fourth-order valence-corrected chi connectivity index (χ4v) is 2.82. The number of nitrogens with one attached hydrogen (secondary N) is 1. The Morgan fingerprint density at radius 1 is 1.30 bits per heavy atom. The maximum absolute atomic E-state index is 12.5. The molecule has 2 heterocycles. The van der Waals surface area contributed by atoms with E-state index < -0.39 is 0 Å². The molecule has 1 aromatic heterocycles. The van der Waals surface area contributed by atoms with Crippen molar-refractivity contribution < 1.29 is 4.79 Å². The van der Waals surface area contributed by atoms with Crippen LogP contribution >= 0.6 is 0 Å². The lowest BCUT2D eigenvalue weighted by Crippen LogP contribution is -2.46. The minimum atomic E-state index is -0.312. The van der Waals surface area contributed by atoms with Crippen molar-refractivity contribution in [2.45, 2.75) is 39.2 Å². The molecule has 0 saturated carbocycles. The molecular formula is C17H24N4O2. The van der Waals surface area contributed by atoms with E-state index in [0.29, 0.717) is 19.6 Å². The molecule has 0 aromatic carbocycles. The summed E-state index contributed by atoms with van der Waals surface area (Å²) in [4.78, 5) is 26.6. The number of hydrogen-bond donors (Lipinski definition) is 1. The summed E-state index contributed by atoms with van der Waals surface area (Å²) in [5, 5.41) is 12.3. The molecule has 0 atom stereocenters. The average Bonchev–Trinajstić information content (AvgIpc) is 2.53. The van der Waals surface area contributed by atoms with Gasteiger partial charge in [-0.3, -0.25) is 9.59 Å². The van der Waals surface area contributed by atoms with Crippen LogP contribution in [0.15, 0.2) is 16.9 Å². The number of rotatable bonds is 3. The van der Waals surface area contributed by atoms with E-state index in [4.69, 9.17) is 5.26 Å². The lowest BCUT2D eigenvalue weighted by atomic mass is 9.90. The van der Waals surface area contributed by atoms with Crippen molar-refractivity contribution in [2.75, 3.05) is 26.2 Å². The molecule has 23 heavy (non-hydrogen) atoms. The number of nitrogens with zero attached hydrogens (tertiary/aromatic N) is 3. The number of hydrogen-bond acceptors (Lipinski definition) is 4. The van der Waals surface area contributed by atoms with Crippen molar-refractivity contribution in [3.63, 3.8) is 0 Å². The molecule has 0 radical (unpaired) electrons. The Labute approximate surface area is 136 Å². The zero-order valence-electron chi connectivity index (χ0n) is 14.1. The predicted molar refractivity (Wildman–Crippen MR) is 88.2 cm³/mol. The van der Waals surface area contributed by atoms with E-state index in [1.165, 1.54) is 0 Å². The standard InChI is InChI=1S/C17H24N4O2/c1-17(2,3)14-5-4-13(12-18)16(23)21(14)9-6-15(22)20-10-7-19-8-11-20/h4-5,19H,6-11H2,1-3H3. The smallest absolute Gasteiger partial charge is 0.268 e. The van der Waals surface area contributed by atoms with Gasteiger partial charge in [-0.05, 0) is 12.1 Å². The van der Waals surface area contributed by atoms with Crippen LogP contribution in [0.25, 0.3) is 0 Å². The molecule has 0 bridgehead atoms. The molecule has 2 rings (SSSR count). The van der Waals surface area contributed by atoms with E-state index in [0.717, 1.165) is 18.8 Å². The highest BCUT2D eigenvalue weighted by Gasteiger charge is 2.22. The summed E-state index contributed by atoms with van der Waals surface area (Å²) in [6.45, 7) is 9.39. The maximum atomic E-state index is 12.5. The lowest BCUT2D eigenvalue weighted by molar-refractivity contribution is -0.132. The van der Waals surface area contributed by atoms with E-state index >= 15 is 0 Å². The van der Waals surface area contributed by atoms with Crippen LogP contribution in [-0.2, 0) is 16.8 Å². The van der Waals surface area contributed by atoms with E-state index in [1.54, 1.807) is 10.6 Å².